The molecule has 0 aromatic carbocycles. The number of nitrogens with zero attached hydrogens (tertiary/aromatic N) is 4. The smallest absolute Gasteiger partial charge is 0.205 e. The number of anilines is 1. The van der Waals surface area contributed by atoms with E-state index in [-0.39, 0.29) is 0 Å². The van der Waals surface area contributed by atoms with Crippen molar-refractivity contribution in [2.45, 2.75) is 38.8 Å². The summed E-state index contributed by atoms with van der Waals surface area (Å²) >= 11 is 1.69. The molecule has 0 saturated carbocycles. The predicted octanol–water partition coefficient (Wildman–Crippen LogP) is 1.89. The molecule has 1 aliphatic heterocycles. The van der Waals surface area contributed by atoms with Crippen molar-refractivity contribution in [1.82, 2.24) is 20.0 Å². The van der Waals surface area contributed by atoms with Crippen LogP contribution in [-0.4, -0.2) is 59.8 Å². The maximum atomic E-state index is 4.30. The Kier molecular flexibility index (Phi) is 5.54. The zero-order valence-electron chi connectivity index (χ0n) is 12.2. The maximum Gasteiger partial charge on any atom is 0.205 e. The van der Waals surface area contributed by atoms with Gasteiger partial charge in [-0.1, -0.05) is 18.3 Å². The van der Waals surface area contributed by atoms with Crippen LogP contribution in [0.1, 0.15) is 31.2 Å². The van der Waals surface area contributed by atoms with Gasteiger partial charge in [0.05, 0.1) is 6.54 Å². The van der Waals surface area contributed by atoms with E-state index in [0.717, 1.165) is 36.2 Å². The summed E-state index contributed by atoms with van der Waals surface area (Å²) in [6.45, 7) is 6.41. The first-order chi connectivity index (χ1) is 9.19. The second kappa shape index (κ2) is 7.17. The molecule has 1 aromatic heterocycles. The Hall–Kier alpha value is -0.720. The minimum atomic E-state index is 0.672. The number of likely N-dealkylation sites (N-methyl/N-ethyl adjacent to an activating group) is 1. The van der Waals surface area contributed by atoms with Crippen molar-refractivity contribution in [2.75, 3.05) is 39.0 Å². The third-order valence-electron chi connectivity index (χ3n) is 3.41. The highest BCUT2D eigenvalue weighted by Gasteiger charge is 2.25. The van der Waals surface area contributed by atoms with E-state index in [1.165, 1.54) is 19.4 Å². The fraction of sp³-hybridized carbons (Fsp3) is 0.846. The van der Waals surface area contributed by atoms with Gasteiger partial charge >= 0.3 is 0 Å². The van der Waals surface area contributed by atoms with Crippen LogP contribution in [0.5, 0.6) is 0 Å². The van der Waals surface area contributed by atoms with Crippen LogP contribution in [-0.2, 0) is 6.54 Å². The quantitative estimate of drug-likeness (QED) is 0.828. The zero-order chi connectivity index (χ0) is 13.7. The van der Waals surface area contributed by atoms with E-state index in [2.05, 4.69) is 46.3 Å². The van der Waals surface area contributed by atoms with E-state index in [0.29, 0.717) is 6.04 Å². The van der Waals surface area contributed by atoms with Gasteiger partial charge in [-0.25, -0.2) is 0 Å². The molecule has 0 radical (unpaired) electrons. The van der Waals surface area contributed by atoms with Crippen LogP contribution in [0.25, 0.3) is 0 Å². The van der Waals surface area contributed by atoms with Gasteiger partial charge in [0, 0.05) is 19.1 Å². The molecule has 1 saturated heterocycles. The molecule has 108 valence electrons. The van der Waals surface area contributed by atoms with E-state index >= 15 is 0 Å². The summed E-state index contributed by atoms with van der Waals surface area (Å²) in [6, 6.07) is 0.672. The zero-order valence-corrected chi connectivity index (χ0v) is 13.0. The van der Waals surface area contributed by atoms with Crippen LogP contribution < -0.4 is 5.32 Å². The molecule has 0 bridgehead atoms. The van der Waals surface area contributed by atoms with Gasteiger partial charge in [0.2, 0.25) is 5.13 Å². The lowest BCUT2D eigenvalue weighted by atomic mass is 10.2. The molecule has 1 aliphatic rings. The SMILES string of the molecule is CCCNc1nnc(CN2CCCC2CN(C)C)s1. The minimum absolute atomic E-state index is 0.672. The average molecular weight is 283 g/mol. The lowest BCUT2D eigenvalue weighted by Crippen LogP contribution is -2.37. The Labute approximate surface area is 120 Å². The lowest BCUT2D eigenvalue weighted by Gasteiger charge is -2.25. The summed E-state index contributed by atoms with van der Waals surface area (Å²) in [7, 11) is 4.29. The first kappa shape index (κ1) is 14.7. The Balaban J connectivity index is 1.87. The summed E-state index contributed by atoms with van der Waals surface area (Å²) in [6.07, 6.45) is 3.72. The minimum Gasteiger partial charge on any atom is -0.360 e. The Bertz CT molecular complexity index is 379. The summed E-state index contributed by atoms with van der Waals surface area (Å²) < 4.78 is 0. The number of hydrogen-bond acceptors (Lipinski definition) is 6. The number of nitrogens with one attached hydrogen (secondary N) is 1. The van der Waals surface area contributed by atoms with Gasteiger partial charge < -0.3 is 10.2 Å². The molecular weight excluding hydrogens is 258 g/mol. The number of rotatable bonds is 7. The van der Waals surface area contributed by atoms with Crippen molar-refractivity contribution < 1.29 is 0 Å². The molecule has 0 amide bonds. The third kappa shape index (κ3) is 4.40. The molecule has 2 heterocycles. The lowest BCUT2D eigenvalue weighted by molar-refractivity contribution is 0.200. The van der Waals surface area contributed by atoms with Gasteiger partial charge in [-0.3, -0.25) is 4.90 Å². The van der Waals surface area contributed by atoms with E-state index in [4.69, 9.17) is 0 Å². The Morgan fingerprint density at radius 3 is 3.00 bits per heavy atom. The second-order valence-electron chi connectivity index (χ2n) is 5.46. The largest absolute Gasteiger partial charge is 0.360 e. The van der Waals surface area contributed by atoms with E-state index in [9.17, 15) is 0 Å². The molecule has 6 heteroatoms. The Morgan fingerprint density at radius 2 is 2.26 bits per heavy atom. The van der Waals surface area contributed by atoms with Crippen molar-refractivity contribution in [2.24, 2.45) is 0 Å². The van der Waals surface area contributed by atoms with Gasteiger partial charge in [-0.05, 0) is 39.9 Å². The molecule has 0 aliphatic carbocycles. The van der Waals surface area contributed by atoms with Gasteiger partial charge in [-0.15, -0.1) is 10.2 Å². The molecule has 2 rings (SSSR count). The highest BCUT2D eigenvalue weighted by molar-refractivity contribution is 7.15. The van der Waals surface area contributed by atoms with Crippen LogP contribution in [0.15, 0.2) is 0 Å². The summed E-state index contributed by atoms with van der Waals surface area (Å²) in [4.78, 5) is 4.82. The standard InChI is InChI=1S/C13H25N5S/c1-4-7-14-13-16-15-12(19-13)10-18-8-5-6-11(18)9-17(2)3/h11H,4-10H2,1-3H3,(H,14,16). The summed E-state index contributed by atoms with van der Waals surface area (Å²) in [5.41, 5.74) is 0. The van der Waals surface area contributed by atoms with Crippen molar-refractivity contribution >= 4 is 16.5 Å². The van der Waals surface area contributed by atoms with Gasteiger partial charge in [0.1, 0.15) is 5.01 Å². The summed E-state index contributed by atoms with van der Waals surface area (Å²) in [5, 5.41) is 13.9. The van der Waals surface area contributed by atoms with Crippen molar-refractivity contribution in [3.63, 3.8) is 0 Å². The molecule has 1 fully saturated rings. The van der Waals surface area contributed by atoms with Crippen LogP contribution >= 0.6 is 11.3 Å². The summed E-state index contributed by atoms with van der Waals surface area (Å²) in [5.74, 6) is 0. The molecule has 19 heavy (non-hydrogen) atoms. The highest BCUT2D eigenvalue weighted by atomic mass is 32.1. The third-order valence-corrected chi connectivity index (χ3v) is 4.27. The van der Waals surface area contributed by atoms with E-state index in [1.807, 2.05) is 0 Å². The van der Waals surface area contributed by atoms with Crippen molar-refractivity contribution in [1.29, 1.82) is 0 Å². The molecule has 1 atom stereocenters. The van der Waals surface area contributed by atoms with Crippen LogP contribution in [0.2, 0.25) is 0 Å². The van der Waals surface area contributed by atoms with Crippen molar-refractivity contribution in [3.05, 3.63) is 5.01 Å². The van der Waals surface area contributed by atoms with Gasteiger partial charge in [-0.2, -0.15) is 0 Å². The molecule has 1 N–H and O–H groups in total. The highest BCUT2D eigenvalue weighted by Crippen LogP contribution is 2.23. The van der Waals surface area contributed by atoms with Crippen molar-refractivity contribution in [3.8, 4) is 0 Å². The number of aromatic nitrogens is 2. The van der Waals surface area contributed by atoms with Gasteiger partial charge in [0.15, 0.2) is 0 Å². The molecular formula is C13H25N5S. The van der Waals surface area contributed by atoms with Gasteiger partial charge in [0.25, 0.3) is 0 Å². The fourth-order valence-electron chi connectivity index (χ4n) is 2.53. The first-order valence-electron chi connectivity index (χ1n) is 7.14. The molecule has 5 nitrogen and oxygen atoms in total. The van der Waals surface area contributed by atoms with E-state index < -0.39 is 0 Å². The maximum absolute atomic E-state index is 4.30. The normalized spacial score (nSPS) is 20.3. The first-order valence-corrected chi connectivity index (χ1v) is 7.95. The van der Waals surface area contributed by atoms with Crippen LogP contribution in [0.3, 0.4) is 0 Å². The monoisotopic (exact) mass is 283 g/mol. The van der Waals surface area contributed by atoms with Crippen LogP contribution in [0, 0.1) is 0 Å². The predicted molar refractivity (Wildman–Crippen MR) is 80.7 cm³/mol. The molecule has 1 aromatic rings. The molecule has 0 spiro atoms. The second-order valence-corrected chi connectivity index (χ2v) is 6.52. The number of likely N-dealkylation sites (tertiary alicyclic amines) is 1. The molecule has 1 unspecified atom stereocenters. The fourth-order valence-corrected chi connectivity index (χ4v) is 3.32. The van der Waals surface area contributed by atoms with Crippen LogP contribution in [0.4, 0.5) is 5.13 Å². The average Bonchev–Trinajstić information content (AvgIpc) is 2.97. The topological polar surface area (TPSA) is 44.3 Å². The Morgan fingerprint density at radius 1 is 1.42 bits per heavy atom. The van der Waals surface area contributed by atoms with E-state index in [1.54, 1.807) is 11.3 Å². The number of hydrogen-bond donors (Lipinski definition) is 1.